The Kier molecular flexibility index (Phi) is 8.42. The number of carbonyl (C=O) groups excluding carboxylic acids is 1. The van der Waals surface area contributed by atoms with Gasteiger partial charge in [0.15, 0.2) is 0 Å². The maximum Gasteiger partial charge on any atom is 0.221 e. The van der Waals surface area contributed by atoms with E-state index in [4.69, 9.17) is 9.47 Å². The van der Waals surface area contributed by atoms with Crippen molar-refractivity contribution in [3.05, 3.63) is 29.8 Å². The average Bonchev–Trinajstić information content (AvgIpc) is 2.48. The Morgan fingerprint density at radius 1 is 1.10 bits per heavy atom. The van der Waals surface area contributed by atoms with Gasteiger partial charge < -0.3 is 20.1 Å². The van der Waals surface area contributed by atoms with E-state index in [1.807, 2.05) is 24.3 Å². The average molecular weight is 280 g/mol. The lowest BCUT2D eigenvalue weighted by Crippen LogP contribution is -2.30. The van der Waals surface area contributed by atoms with Crippen molar-refractivity contribution in [3.63, 3.8) is 0 Å². The van der Waals surface area contributed by atoms with Crippen molar-refractivity contribution in [2.45, 2.75) is 12.8 Å². The predicted octanol–water partition coefficient (Wildman–Crippen LogP) is 0.980. The number of benzene rings is 1. The van der Waals surface area contributed by atoms with E-state index in [0.717, 1.165) is 18.7 Å². The normalized spacial score (nSPS) is 10.3. The highest BCUT2D eigenvalue weighted by atomic mass is 16.5. The van der Waals surface area contributed by atoms with Gasteiger partial charge in [-0.15, -0.1) is 0 Å². The summed E-state index contributed by atoms with van der Waals surface area (Å²) in [6, 6.07) is 7.88. The molecule has 0 spiro atoms. The van der Waals surface area contributed by atoms with Crippen LogP contribution in [0.4, 0.5) is 0 Å². The number of rotatable bonds is 10. The van der Waals surface area contributed by atoms with Gasteiger partial charge in [-0.1, -0.05) is 12.1 Å². The van der Waals surface area contributed by atoms with Crippen molar-refractivity contribution < 1.29 is 14.3 Å². The van der Waals surface area contributed by atoms with Crippen LogP contribution in [0.25, 0.3) is 0 Å². The number of nitrogens with one attached hydrogen (secondary N) is 2. The van der Waals surface area contributed by atoms with Crippen molar-refractivity contribution in [1.82, 2.24) is 10.6 Å². The highest BCUT2D eigenvalue weighted by Crippen LogP contribution is 2.11. The Balaban J connectivity index is 2.08. The highest BCUT2D eigenvalue weighted by molar-refractivity contribution is 5.76. The van der Waals surface area contributed by atoms with E-state index >= 15 is 0 Å². The second-order valence-electron chi connectivity index (χ2n) is 4.44. The number of ether oxygens (including phenoxy) is 2. The molecule has 0 unspecified atom stereocenters. The molecule has 0 saturated carbocycles. The molecule has 5 nitrogen and oxygen atoms in total. The van der Waals surface area contributed by atoms with E-state index in [1.54, 1.807) is 14.2 Å². The molecular weight excluding hydrogens is 256 g/mol. The van der Waals surface area contributed by atoms with Crippen LogP contribution in [0.2, 0.25) is 0 Å². The van der Waals surface area contributed by atoms with Gasteiger partial charge in [0.1, 0.15) is 5.75 Å². The van der Waals surface area contributed by atoms with Crippen LogP contribution in [0.5, 0.6) is 5.75 Å². The quantitative estimate of drug-likeness (QED) is 0.627. The first-order valence-corrected chi connectivity index (χ1v) is 6.85. The third-order valence-corrected chi connectivity index (χ3v) is 2.91. The molecule has 0 atom stereocenters. The smallest absolute Gasteiger partial charge is 0.221 e. The second-order valence-corrected chi connectivity index (χ2v) is 4.44. The number of amides is 1. The zero-order valence-corrected chi connectivity index (χ0v) is 12.3. The lowest BCUT2D eigenvalue weighted by molar-refractivity contribution is -0.120. The van der Waals surface area contributed by atoms with Gasteiger partial charge in [-0.05, 0) is 24.1 Å². The topological polar surface area (TPSA) is 59.6 Å². The van der Waals surface area contributed by atoms with Gasteiger partial charge in [0, 0.05) is 33.2 Å². The summed E-state index contributed by atoms with van der Waals surface area (Å²) in [5, 5.41) is 6.05. The molecule has 1 aromatic rings. The summed E-state index contributed by atoms with van der Waals surface area (Å²) in [6.07, 6.45) is 1.32. The van der Waals surface area contributed by atoms with Crippen LogP contribution in [0.1, 0.15) is 12.0 Å². The van der Waals surface area contributed by atoms with Crippen LogP contribution in [-0.4, -0.2) is 46.4 Å². The lowest BCUT2D eigenvalue weighted by Gasteiger charge is -2.07. The second kappa shape index (κ2) is 10.2. The summed E-state index contributed by atoms with van der Waals surface area (Å²) in [5.41, 5.74) is 1.18. The summed E-state index contributed by atoms with van der Waals surface area (Å²) in [7, 11) is 3.31. The standard InChI is InChI=1S/C15H24N2O3/c1-19-12-11-16-9-8-15(18)17-10-7-13-3-5-14(20-2)6-4-13/h3-6,16H,7-12H2,1-2H3,(H,17,18). The van der Waals surface area contributed by atoms with Gasteiger partial charge in [-0.3, -0.25) is 4.79 Å². The molecule has 0 radical (unpaired) electrons. The van der Waals surface area contributed by atoms with Crippen molar-refractivity contribution in [3.8, 4) is 5.75 Å². The molecule has 20 heavy (non-hydrogen) atoms. The molecular formula is C15H24N2O3. The van der Waals surface area contributed by atoms with E-state index in [2.05, 4.69) is 10.6 Å². The maximum atomic E-state index is 11.6. The molecule has 0 aromatic heterocycles. The van der Waals surface area contributed by atoms with E-state index < -0.39 is 0 Å². The first-order chi connectivity index (χ1) is 9.76. The molecule has 1 aromatic carbocycles. The molecule has 112 valence electrons. The van der Waals surface area contributed by atoms with E-state index in [1.165, 1.54) is 5.56 Å². The van der Waals surface area contributed by atoms with E-state index in [-0.39, 0.29) is 5.91 Å². The van der Waals surface area contributed by atoms with Crippen molar-refractivity contribution >= 4 is 5.91 Å². The fraction of sp³-hybridized carbons (Fsp3) is 0.533. The SMILES string of the molecule is COCCNCCC(=O)NCCc1ccc(OC)cc1. The molecule has 0 bridgehead atoms. The van der Waals surface area contributed by atoms with Gasteiger partial charge in [0.05, 0.1) is 13.7 Å². The summed E-state index contributed by atoms with van der Waals surface area (Å²) >= 11 is 0. The summed E-state index contributed by atoms with van der Waals surface area (Å²) in [5.74, 6) is 0.920. The highest BCUT2D eigenvalue weighted by Gasteiger charge is 2.00. The van der Waals surface area contributed by atoms with Gasteiger partial charge in [0.25, 0.3) is 0 Å². The summed E-state index contributed by atoms with van der Waals surface area (Å²) in [6.45, 7) is 2.77. The van der Waals surface area contributed by atoms with Crippen molar-refractivity contribution in [2.24, 2.45) is 0 Å². The Morgan fingerprint density at radius 2 is 1.85 bits per heavy atom. The number of carbonyl (C=O) groups is 1. The van der Waals surface area contributed by atoms with Gasteiger partial charge >= 0.3 is 0 Å². The van der Waals surface area contributed by atoms with Gasteiger partial charge in [0.2, 0.25) is 5.91 Å². The van der Waals surface area contributed by atoms with Gasteiger partial charge in [-0.25, -0.2) is 0 Å². The predicted molar refractivity (Wildman–Crippen MR) is 79.1 cm³/mol. The fourth-order valence-corrected chi connectivity index (χ4v) is 1.73. The lowest BCUT2D eigenvalue weighted by atomic mass is 10.1. The zero-order valence-electron chi connectivity index (χ0n) is 12.3. The molecule has 0 aliphatic carbocycles. The third-order valence-electron chi connectivity index (χ3n) is 2.91. The minimum absolute atomic E-state index is 0.0726. The Morgan fingerprint density at radius 3 is 2.50 bits per heavy atom. The molecule has 0 aliphatic rings. The largest absolute Gasteiger partial charge is 0.497 e. The number of hydrogen-bond acceptors (Lipinski definition) is 4. The van der Waals surface area contributed by atoms with Crippen molar-refractivity contribution in [1.29, 1.82) is 0 Å². The maximum absolute atomic E-state index is 11.6. The van der Waals surface area contributed by atoms with E-state index in [0.29, 0.717) is 26.1 Å². The third kappa shape index (κ3) is 7.11. The van der Waals surface area contributed by atoms with Crippen LogP contribution < -0.4 is 15.4 Å². The molecule has 5 heteroatoms. The molecule has 2 N–H and O–H groups in total. The van der Waals surface area contributed by atoms with Crippen LogP contribution in [-0.2, 0) is 16.0 Å². The Hall–Kier alpha value is -1.59. The molecule has 0 fully saturated rings. The number of hydrogen-bond donors (Lipinski definition) is 2. The van der Waals surface area contributed by atoms with E-state index in [9.17, 15) is 4.79 Å². The molecule has 1 amide bonds. The summed E-state index contributed by atoms with van der Waals surface area (Å²) in [4.78, 5) is 11.6. The Bertz CT molecular complexity index is 379. The molecule has 1 rings (SSSR count). The minimum Gasteiger partial charge on any atom is -0.497 e. The molecule has 0 aliphatic heterocycles. The molecule has 0 saturated heterocycles. The van der Waals surface area contributed by atoms with Crippen LogP contribution in [0, 0.1) is 0 Å². The van der Waals surface area contributed by atoms with Crippen LogP contribution >= 0.6 is 0 Å². The molecule has 0 heterocycles. The van der Waals surface area contributed by atoms with Crippen molar-refractivity contribution in [2.75, 3.05) is 40.5 Å². The minimum atomic E-state index is 0.0726. The first-order valence-electron chi connectivity index (χ1n) is 6.85. The van der Waals surface area contributed by atoms with Crippen LogP contribution in [0.15, 0.2) is 24.3 Å². The fourth-order valence-electron chi connectivity index (χ4n) is 1.73. The monoisotopic (exact) mass is 280 g/mol. The number of methoxy groups -OCH3 is 2. The summed E-state index contributed by atoms with van der Waals surface area (Å²) < 4.78 is 10.0. The van der Waals surface area contributed by atoms with Gasteiger partial charge in [-0.2, -0.15) is 0 Å². The zero-order chi connectivity index (χ0) is 14.6. The van der Waals surface area contributed by atoms with Crippen LogP contribution in [0.3, 0.4) is 0 Å². The Labute approximate surface area is 120 Å². The first kappa shape index (κ1) is 16.5.